The van der Waals surface area contributed by atoms with Gasteiger partial charge in [0.1, 0.15) is 0 Å². The smallest absolute Gasteiger partial charge is 0.241 e. The van der Waals surface area contributed by atoms with Gasteiger partial charge >= 0.3 is 0 Å². The second-order valence-electron chi connectivity index (χ2n) is 9.55. The number of hydrogen-bond acceptors (Lipinski definition) is 4. The number of piperazine rings is 1. The van der Waals surface area contributed by atoms with Crippen molar-refractivity contribution >= 4 is 11.6 Å². The number of anilines is 1. The predicted molar refractivity (Wildman–Crippen MR) is 125 cm³/mol. The molecule has 164 valence electrons. The van der Waals surface area contributed by atoms with Gasteiger partial charge in [-0.3, -0.25) is 9.69 Å². The number of amides is 1. The normalized spacial score (nSPS) is 21.4. The topological polar surface area (TPSA) is 36.0 Å². The van der Waals surface area contributed by atoms with Gasteiger partial charge in [-0.15, -0.1) is 0 Å². The van der Waals surface area contributed by atoms with Gasteiger partial charge in [0.25, 0.3) is 0 Å². The number of aryl methyl sites for hydroxylation is 1. The van der Waals surface area contributed by atoms with Crippen LogP contribution in [0.4, 0.5) is 5.69 Å². The Balaban J connectivity index is 1.45. The molecule has 3 aliphatic heterocycles. The van der Waals surface area contributed by atoms with Crippen LogP contribution in [0.5, 0.6) is 0 Å². The number of likely N-dealkylation sites (N-methyl/N-ethyl adjacent to an activating group) is 1. The molecule has 1 spiro atoms. The molecule has 0 N–H and O–H groups in total. The molecule has 0 aliphatic carbocycles. The lowest BCUT2D eigenvalue weighted by Gasteiger charge is -2.35. The van der Waals surface area contributed by atoms with E-state index in [9.17, 15) is 4.79 Å². The number of nitrogens with zero attached hydrogens (tertiary/aromatic N) is 3. The van der Waals surface area contributed by atoms with E-state index in [1.165, 1.54) is 22.3 Å². The Bertz CT molecular complexity index is 959. The Morgan fingerprint density at radius 2 is 1.74 bits per heavy atom. The van der Waals surface area contributed by atoms with Crippen LogP contribution < -0.4 is 4.90 Å². The molecule has 0 bridgehead atoms. The van der Waals surface area contributed by atoms with Crippen molar-refractivity contribution in [3.8, 4) is 11.1 Å². The van der Waals surface area contributed by atoms with E-state index in [0.717, 1.165) is 64.5 Å². The number of carbonyl (C=O) groups is 1. The molecule has 5 nitrogen and oxygen atoms in total. The van der Waals surface area contributed by atoms with Crippen LogP contribution in [0.15, 0.2) is 42.5 Å². The Labute approximate surface area is 185 Å². The summed E-state index contributed by atoms with van der Waals surface area (Å²) in [7, 11) is 2.15. The fourth-order valence-corrected chi connectivity index (χ4v) is 5.37. The molecular formula is C26H33N3O2. The van der Waals surface area contributed by atoms with Gasteiger partial charge in [0.2, 0.25) is 5.91 Å². The standard InChI is InChI=1S/C26H33N3O2/c1-20-4-3-5-21(16-20)22-6-7-24-23(17-22)26(8-14-31-15-9-26)19-29(24)25(30)18-28-12-10-27(2)11-13-28/h3-7,16-17H,8-15,18-19H2,1-2H3. The van der Waals surface area contributed by atoms with Crippen molar-refractivity contribution < 1.29 is 9.53 Å². The van der Waals surface area contributed by atoms with Gasteiger partial charge in [-0.05, 0) is 55.6 Å². The Kier molecular flexibility index (Phi) is 5.59. The van der Waals surface area contributed by atoms with E-state index < -0.39 is 0 Å². The molecule has 2 aromatic carbocycles. The minimum Gasteiger partial charge on any atom is -0.381 e. The van der Waals surface area contributed by atoms with Crippen LogP contribution >= 0.6 is 0 Å². The van der Waals surface area contributed by atoms with Crippen molar-refractivity contribution in [1.29, 1.82) is 0 Å². The third-order valence-electron chi connectivity index (χ3n) is 7.38. The van der Waals surface area contributed by atoms with Crippen molar-refractivity contribution in [2.45, 2.75) is 25.2 Å². The number of rotatable bonds is 3. The van der Waals surface area contributed by atoms with Crippen LogP contribution in [0.3, 0.4) is 0 Å². The first kappa shape index (κ1) is 20.7. The van der Waals surface area contributed by atoms with Gasteiger partial charge in [-0.1, -0.05) is 35.9 Å². The minimum atomic E-state index is 0.0190. The summed E-state index contributed by atoms with van der Waals surface area (Å²) in [5.41, 5.74) is 6.21. The van der Waals surface area contributed by atoms with Crippen molar-refractivity contribution in [2.75, 3.05) is 64.4 Å². The Morgan fingerprint density at radius 1 is 1.00 bits per heavy atom. The summed E-state index contributed by atoms with van der Waals surface area (Å²) in [4.78, 5) is 20.1. The van der Waals surface area contributed by atoms with Gasteiger partial charge in [0, 0.05) is 57.0 Å². The average molecular weight is 420 g/mol. The van der Waals surface area contributed by atoms with Crippen LogP contribution in [0.2, 0.25) is 0 Å². The van der Waals surface area contributed by atoms with Gasteiger partial charge in [-0.2, -0.15) is 0 Å². The molecule has 0 atom stereocenters. The van der Waals surface area contributed by atoms with Gasteiger partial charge in [0.05, 0.1) is 6.54 Å². The van der Waals surface area contributed by atoms with Crippen LogP contribution in [0.25, 0.3) is 11.1 Å². The van der Waals surface area contributed by atoms with Crippen LogP contribution in [-0.4, -0.2) is 75.2 Å². The molecule has 2 fully saturated rings. The molecule has 31 heavy (non-hydrogen) atoms. The van der Waals surface area contributed by atoms with E-state index in [4.69, 9.17) is 4.74 Å². The summed E-state index contributed by atoms with van der Waals surface area (Å²) in [5, 5.41) is 0. The highest BCUT2D eigenvalue weighted by Gasteiger charge is 2.45. The highest BCUT2D eigenvalue weighted by atomic mass is 16.5. The second kappa shape index (κ2) is 8.38. The van der Waals surface area contributed by atoms with Gasteiger partial charge < -0.3 is 14.5 Å². The largest absolute Gasteiger partial charge is 0.381 e. The van der Waals surface area contributed by atoms with Crippen molar-refractivity contribution in [1.82, 2.24) is 9.80 Å². The van der Waals surface area contributed by atoms with Crippen molar-refractivity contribution in [3.63, 3.8) is 0 Å². The third-order valence-corrected chi connectivity index (χ3v) is 7.38. The molecule has 0 aromatic heterocycles. The maximum absolute atomic E-state index is 13.4. The Hall–Kier alpha value is -2.21. The first-order valence-corrected chi connectivity index (χ1v) is 11.5. The number of hydrogen-bond donors (Lipinski definition) is 0. The second-order valence-corrected chi connectivity index (χ2v) is 9.55. The summed E-state index contributed by atoms with van der Waals surface area (Å²) < 4.78 is 5.71. The Morgan fingerprint density at radius 3 is 2.48 bits per heavy atom. The lowest BCUT2D eigenvalue weighted by molar-refractivity contribution is -0.120. The molecule has 0 radical (unpaired) electrons. The first-order valence-electron chi connectivity index (χ1n) is 11.5. The zero-order chi connectivity index (χ0) is 21.4. The zero-order valence-corrected chi connectivity index (χ0v) is 18.8. The van der Waals surface area contributed by atoms with Gasteiger partial charge in [0.15, 0.2) is 0 Å². The van der Waals surface area contributed by atoms with Crippen LogP contribution in [0.1, 0.15) is 24.0 Å². The molecule has 2 aromatic rings. The highest BCUT2D eigenvalue weighted by Crippen LogP contribution is 2.48. The molecule has 1 amide bonds. The van der Waals surface area contributed by atoms with Crippen LogP contribution in [-0.2, 0) is 14.9 Å². The summed E-state index contributed by atoms with van der Waals surface area (Å²) in [6, 6.07) is 15.4. The number of benzene rings is 2. The maximum Gasteiger partial charge on any atom is 0.241 e. The monoisotopic (exact) mass is 419 g/mol. The fourth-order valence-electron chi connectivity index (χ4n) is 5.37. The van der Waals surface area contributed by atoms with Crippen LogP contribution in [0, 0.1) is 6.92 Å². The fraction of sp³-hybridized carbons (Fsp3) is 0.500. The summed E-state index contributed by atoms with van der Waals surface area (Å²) in [6.45, 7) is 8.98. The molecule has 5 heteroatoms. The minimum absolute atomic E-state index is 0.0190. The van der Waals surface area contributed by atoms with E-state index in [-0.39, 0.29) is 11.3 Å². The number of ether oxygens (including phenoxy) is 1. The lowest BCUT2D eigenvalue weighted by Crippen LogP contribution is -2.49. The summed E-state index contributed by atoms with van der Waals surface area (Å²) in [5.74, 6) is 0.234. The molecular weight excluding hydrogens is 386 g/mol. The molecule has 2 saturated heterocycles. The van der Waals surface area contributed by atoms with E-state index in [1.54, 1.807) is 0 Å². The quantitative estimate of drug-likeness (QED) is 0.765. The molecule has 0 saturated carbocycles. The average Bonchev–Trinajstić information content (AvgIpc) is 3.09. The lowest BCUT2D eigenvalue weighted by atomic mass is 9.75. The SMILES string of the molecule is Cc1cccc(-c2ccc3c(c2)C2(CCOCC2)CN3C(=O)CN2CCN(C)CC2)c1. The van der Waals surface area contributed by atoms with Crippen molar-refractivity contribution in [2.24, 2.45) is 0 Å². The van der Waals surface area contributed by atoms with E-state index in [1.807, 2.05) is 0 Å². The molecule has 0 unspecified atom stereocenters. The van der Waals surface area contributed by atoms with E-state index >= 15 is 0 Å². The zero-order valence-electron chi connectivity index (χ0n) is 18.8. The van der Waals surface area contributed by atoms with Gasteiger partial charge in [-0.25, -0.2) is 0 Å². The number of fused-ring (bicyclic) bond motifs is 2. The highest BCUT2D eigenvalue weighted by molar-refractivity contribution is 5.98. The molecule has 3 aliphatic rings. The first-order chi connectivity index (χ1) is 15.0. The maximum atomic E-state index is 13.4. The summed E-state index contributed by atoms with van der Waals surface area (Å²) >= 11 is 0. The molecule has 5 rings (SSSR count). The van der Waals surface area contributed by atoms with E-state index in [2.05, 4.69) is 71.1 Å². The molecule has 3 heterocycles. The van der Waals surface area contributed by atoms with Crippen molar-refractivity contribution in [3.05, 3.63) is 53.6 Å². The summed E-state index contributed by atoms with van der Waals surface area (Å²) in [6.07, 6.45) is 1.96. The predicted octanol–water partition coefficient (Wildman–Crippen LogP) is 3.30. The number of carbonyl (C=O) groups excluding carboxylic acids is 1. The van der Waals surface area contributed by atoms with E-state index in [0.29, 0.717) is 6.54 Å². The third kappa shape index (κ3) is 4.02.